The molecule has 0 spiro atoms. The van der Waals surface area contributed by atoms with Gasteiger partial charge in [-0.3, -0.25) is 4.90 Å². The first-order valence-electron chi connectivity index (χ1n) is 5.30. The fourth-order valence-corrected chi connectivity index (χ4v) is 1.83. The number of rotatable bonds is 2. The number of hydrogen-bond donors (Lipinski definition) is 1. The molecule has 1 atom stereocenters. The summed E-state index contributed by atoms with van der Waals surface area (Å²) in [6.07, 6.45) is -0.322. The SMILES string of the molecule is Cc1ccc(N2C(=O)OCC2(C)CN)cc1. The summed E-state index contributed by atoms with van der Waals surface area (Å²) in [5, 5.41) is 0. The minimum atomic E-state index is -0.438. The number of nitrogens with two attached hydrogens (primary N) is 1. The highest BCUT2D eigenvalue weighted by Crippen LogP contribution is 2.30. The molecule has 4 nitrogen and oxygen atoms in total. The molecule has 86 valence electrons. The maximum absolute atomic E-state index is 11.7. The Hall–Kier alpha value is -1.55. The molecular formula is C12H16N2O2. The predicted octanol–water partition coefficient (Wildman–Crippen LogP) is 1.67. The van der Waals surface area contributed by atoms with Crippen LogP contribution in [0.5, 0.6) is 0 Å². The van der Waals surface area contributed by atoms with Crippen molar-refractivity contribution >= 4 is 11.8 Å². The molecule has 1 unspecified atom stereocenters. The van der Waals surface area contributed by atoms with Crippen molar-refractivity contribution in [3.63, 3.8) is 0 Å². The van der Waals surface area contributed by atoms with Crippen molar-refractivity contribution in [2.75, 3.05) is 18.1 Å². The summed E-state index contributed by atoms with van der Waals surface area (Å²) in [7, 11) is 0. The molecule has 0 aromatic heterocycles. The molecule has 1 aliphatic heterocycles. The number of hydrogen-bond acceptors (Lipinski definition) is 3. The second-order valence-corrected chi connectivity index (χ2v) is 4.43. The van der Waals surface area contributed by atoms with Crippen molar-refractivity contribution in [1.82, 2.24) is 0 Å². The van der Waals surface area contributed by atoms with E-state index in [2.05, 4.69) is 0 Å². The van der Waals surface area contributed by atoms with Crippen LogP contribution in [-0.2, 0) is 4.74 Å². The van der Waals surface area contributed by atoms with Gasteiger partial charge in [0.1, 0.15) is 6.61 Å². The number of aryl methyl sites for hydroxylation is 1. The summed E-state index contributed by atoms with van der Waals surface area (Å²) in [5.41, 5.74) is 7.27. The summed E-state index contributed by atoms with van der Waals surface area (Å²) in [4.78, 5) is 13.3. The van der Waals surface area contributed by atoms with Crippen molar-refractivity contribution < 1.29 is 9.53 Å². The molecule has 0 saturated carbocycles. The molecule has 1 aliphatic rings. The minimum absolute atomic E-state index is 0.322. The van der Waals surface area contributed by atoms with Gasteiger partial charge in [-0.05, 0) is 26.0 Å². The Kier molecular flexibility index (Phi) is 2.59. The van der Waals surface area contributed by atoms with Crippen molar-refractivity contribution in [3.05, 3.63) is 29.8 Å². The first-order chi connectivity index (χ1) is 7.57. The van der Waals surface area contributed by atoms with Crippen LogP contribution in [-0.4, -0.2) is 24.8 Å². The van der Waals surface area contributed by atoms with Crippen LogP contribution < -0.4 is 10.6 Å². The van der Waals surface area contributed by atoms with Gasteiger partial charge in [0.05, 0.1) is 5.54 Å². The summed E-state index contributed by atoms with van der Waals surface area (Å²) in [5.74, 6) is 0. The topological polar surface area (TPSA) is 55.6 Å². The molecule has 4 heteroatoms. The van der Waals surface area contributed by atoms with Crippen molar-refractivity contribution in [2.45, 2.75) is 19.4 Å². The van der Waals surface area contributed by atoms with E-state index in [-0.39, 0.29) is 6.09 Å². The second kappa shape index (κ2) is 3.79. The molecule has 16 heavy (non-hydrogen) atoms. The van der Waals surface area contributed by atoms with Crippen LogP contribution in [0.1, 0.15) is 12.5 Å². The van der Waals surface area contributed by atoms with E-state index in [9.17, 15) is 4.79 Å². The lowest BCUT2D eigenvalue weighted by Crippen LogP contribution is -2.50. The summed E-state index contributed by atoms with van der Waals surface area (Å²) < 4.78 is 5.06. The number of anilines is 1. The average Bonchev–Trinajstić information content (AvgIpc) is 2.58. The van der Waals surface area contributed by atoms with Gasteiger partial charge in [-0.15, -0.1) is 0 Å². The molecule has 1 heterocycles. The maximum Gasteiger partial charge on any atom is 0.415 e. The van der Waals surface area contributed by atoms with E-state index in [0.29, 0.717) is 13.2 Å². The summed E-state index contributed by atoms with van der Waals surface area (Å²) in [6.45, 7) is 4.66. The highest BCUT2D eigenvalue weighted by Gasteiger charge is 2.43. The Morgan fingerprint density at radius 1 is 1.44 bits per heavy atom. The van der Waals surface area contributed by atoms with E-state index in [1.807, 2.05) is 38.1 Å². The zero-order valence-electron chi connectivity index (χ0n) is 9.56. The third kappa shape index (κ3) is 1.65. The van der Waals surface area contributed by atoms with Crippen LogP contribution in [0.3, 0.4) is 0 Å². The van der Waals surface area contributed by atoms with Gasteiger partial charge in [-0.25, -0.2) is 4.79 Å². The van der Waals surface area contributed by atoms with E-state index in [1.165, 1.54) is 0 Å². The average molecular weight is 220 g/mol. The molecule has 2 rings (SSSR count). The van der Waals surface area contributed by atoms with Crippen molar-refractivity contribution in [3.8, 4) is 0 Å². The van der Waals surface area contributed by atoms with Gasteiger partial charge in [-0.1, -0.05) is 17.7 Å². The van der Waals surface area contributed by atoms with Gasteiger partial charge in [0.15, 0.2) is 0 Å². The van der Waals surface area contributed by atoms with Gasteiger partial charge < -0.3 is 10.5 Å². The molecule has 1 aromatic carbocycles. The molecule has 1 saturated heterocycles. The molecule has 0 bridgehead atoms. The maximum atomic E-state index is 11.7. The quantitative estimate of drug-likeness (QED) is 0.824. The van der Waals surface area contributed by atoms with Crippen LogP contribution >= 0.6 is 0 Å². The standard InChI is InChI=1S/C12H16N2O2/c1-9-3-5-10(6-4-9)14-11(15)16-8-12(14,2)7-13/h3-6H,7-8,13H2,1-2H3. The van der Waals surface area contributed by atoms with Crippen LogP contribution in [0, 0.1) is 6.92 Å². The Morgan fingerprint density at radius 2 is 2.06 bits per heavy atom. The second-order valence-electron chi connectivity index (χ2n) is 4.43. The van der Waals surface area contributed by atoms with Gasteiger partial charge in [-0.2, -0.15) is 0 Å². The lowest BCUT2D eigenvalue weighted by molar-refractivity contribution is 0.174. The van der Waals surface area contributed by atoms with Crippen molar-refractivity contribution in [2.24, 2.45) is 5.73 Å². The van der Waals surface area contributed by atoms with E-state index in [1.54, 1.807) is 4.90 Å². The molecule has 0 radical (unpaired) electrons. The number of ether oxygens (including phenoxy) is 1. The van der Waals surface area contributed by atoms with Crippen LogP contribution in [0.25, 0.3) is 0 Å². The molecule has 0 aliphatic carbocycles. The van der Waals surface area contributed by atoms with E-state index in [0.717, 1.165) is 11.3 Å². The summed E-state index contributed by atoms with van der Waals surface area (Å²) in [6, 6.07) is 7.77. The Labute approximate surface area is 95.0 Å². The third-order valence-corrected chi connectivity index (χ3v) is 2.96. The first kappa shape index (κ1) is 11.0. The van der Waals surface area contributed by atoms with Crippen LogP contribution in [0.15, 0.2) is 24.3 Å². The van der Waals surface area contributed by atoms with Crippen molar-refractivity contribution in [1.29, 1.82) is 0 Å². The van der Waals surface area contributed by atoms with Gasteiger partial charge in [0.2, 0.25) is 0 Å². The summed E-state index contributed by atoms with van der Waals surface area (Å²) >= 11 is 0. The van der Waals surface area contributed by atoms with E-state index < -0.39 is 5.54 Å². The largest absolute Gasteiger partial charge is 0.447 e. The fourth-order valence-electron chi connectivity index (χ4n) is 1.83. The van der Waals surface area contributed by atoms with Crippen LogP contribution in [0.2, 0.25) is 0 Å². The molecule has 1 amide bonds. The van der Waals surface area contributed by atoms with Gasteiger partial charge >= 0.3 is 6.09 Å². The monoisotopic (exact) mass is 220 g/mol. The number of nitrogens with zero attached hydrogens (tertiary/aromatic N) is 1. The lowest BCUT2D eigenvalue weighted by atomic mass is 10.0. The molecule has 2 N–H and O–H groups in total. The van der Waals surface area contributed by atoms with E-state index >= 15 is 0 Å². The zero-order valence-corrected chi connectivity index (χ0v) is 9.56. The number of amides is 1. The van der Waals surface area contributed by atoms with Crippen LogP contribution in [0.4, 0.5) is 10.5 Å². The Balaban J connectivity index is 2.37. The number of benzene rings is 1. The molecular weight excluding hydrogens is 204 g/mol. The fraction of sp³-hybridized carbons (Fsp3) is 0.417. The molecule has 1 aromatic rings. The zero-order chi connectivity index (χ0) is 11.8. The Morgan fingerprint density at radius 3 is 2.62 bits per heavy atom. The number of carbonyl (C=O) groups is 1. The van der Waals surface area contributed by atoms with Gasteiger partial charge in [0, 0.05) is 12.2 Å². The molecule has 1 fully saturated rings. The minimum Gasteiger partial charge on any atom is -0.447 e. The van der Waals surface area contributed by atoms with Gasteiger partial charge in [0.25, 0.3) is 0 Å². The highest BCUT2D eigenvalue weighted by atomic mass is 16.6. The Bertz CT molecular complexity index is 402. The van der Waals surface area contributed by atoms with E-state index in [4.69, 9.17) is 10.5 Å². The smallest absolute Gasteiger partial charge is 0.415 e. The third-order valence-electron chi connectivity index (χ3n) is 2.96. The highest BCUT2D eigenvalue weighted by molar-refractivity contribution is 5.91. The number of carbonyl (C=O) groups excluding carboxylic acids is 1. The number of cyclic esters (lactones) is 1. The lowest BCUT2D eigenvalue weighted by Gasteiger charge is -2.30. The normalized spacial score (nSPS) is 24.7. The first-order valence-corrected chi connectivity index (χ1v) is 5.30. The predicted molar refractivity (Wildman–Crippen MR) is 62.5 cm³/mol.